The van der Waals surface area contributed by atoms with Gasteiger partial charge in [0.15, 0.2) is 6.10 Å². The lowest BCUT2D eigenvalue weighted by molar-refractivity contribution is -0.165. The number of hydrogen-bond acceptors (Lipinski definition) is 3. The molecule has 0 saturated carbocycles. The van der Waals surface area contributed by atoms with E-state index in [-0.39, 0.29) is 0 Å². The van der Waals surface area contributed by atoms with Gasteiger partial charge in [-0.2, -0.15) is 0 Å². The van der Waals surface area contributed by atoms with Crippen molar-refractivity contribution >= 4 is 5.97 Å². The van der Waals surface area contributed by atoms with Crippen LogP contribution >= 0.6 is 0 Å². The van der Waals surface area contributed by atoms with Crippen LogP contribution in [-0.4, -0.2) is 22.8 Å². The van der Waals surface area contributed by atoms with Crippen LogP contribution in [0.25, 0.3) is 0 Å². The number of carbonyl (C=O) groups excluding carboxylic acids is 1. The number of unbranched alkanes of at least 4 members (excludes halogenated alkanes) is 3. The van der Waals surface area contributed by atoms with E-state index in [2.05, 4.69) is 6.92 Å². The molecule has 0 aromatic carbocycles. The fraction of sp³-hybridized carbons (Fsp3) is 0.917. The summed E-state index contributed by atoms with van der Waals surface area (Å²) in [6.07, 6.45) is 3.81. The lowest BCUT2D eigenvalue weighted by Gasteiger charge is -2.21. The van der Waals surface area contributed by atoms with Gasteiger partial charge in [-0.25, -0.2) is 4.79 Å². The molecule has 0 bridgehead atoms. The third kappa shape index (κ3) is 8.43. The summed E-state index contributed by atoms with van der Waals surface area (Å²) >= 11 is 0. The van der Waals surface area contributed by atoms with E-state index < -0.39 is 17.7 Å². The summed E-state index contributed by atoms with van der Waals surface area (Å²) in [6.45, 7) is 7.53. The maximum Gasteiger partial charge on any atom is 0.335 e. The van der Waals surface area contributed by atoms with Gasteiger partial charge >= 0.3 is 5.97 Å². The van der Waals surface area contributed by atoms with Gasteiger partial charge in [0.2, 0.25) is 0 Å². The predicted octanol–water partition coefficient (Wildman–Crippen LogP) is 2.66. The number of rotatable bonds is 6. The third-order valence-electron chi connectivity index (χ3n) is 2.01. The summed E-state index contributed by atoms with van der Waals surface area (Å²) in [5, 5.41) is 9.51. The summed E-state index contributed by atoms with van der Waals surface area (Å²) in [5.74, 6) is -0.501. The molecule has 3 nitrogen and oxygen atoms in total. The Morgan fingerprint density at radius 2 is 1.87 bits per heavy atom. The minimum Gasteiger partial charge on any atom is -0.458 e. The first-order valence-electron chi connectivity index (χ1n) is 5.77. The van der Waals surface area contributed by atoms with Gasteiger partial charge in [-0.1, -0.05) is 32.6 Å². The molecule has 0 heterocycles. The molecule has 0 aromatic rings. The molecule has 1 N–H and O–H groups in total. The molecule has 15 heavy (non-hydrogen) atoms. The van der Waals surface area contributed by atoms with Crippen molar-refractivity contribution in [1.29, 1.82) is 0 Å². The molecule has 0 aliphatic carbocycles. The van der Waals surface area contributed by atoms with E-state index in [0.717, 1.165) is 25.7 Å². The van der Waals surface area contributed by atoms with E-state index >= 15 is 0 Å². The van der Waals surface area contributed by atoms with E-state index in [0.29, 0.717) is 6.42 Å². The van der Waals surface area contributed by atoms with Gasteiger partial charge in [0.1, 0.15) is 5.60 Å². The van der Waals surface area contributed by atoms with Crippen molar-refractivity contribution in [2.75, 3.05) is 0 Å². The lowest BCUT2D eigenvalue weighted by Crippen LogP contribution is -2.31. The first-order chi connectivity index (χ1) is 6.87. The zero-order valence-electron chi connectivity index (χ0n) is 10.4. The van der Waals surface area contributed by atoms with Crippen molar-refractivity contribution in [2.24, 2.45) is 0 Å². The molecule has 90 valence electrons. The van der Waals surface area contributed by atoms with Gasteiger partial charge in [-0.3, -0.25) is 0 Å². The normalized spacial score (nSPS) is 13.7. The molecule has 1 unspecified atom stereocenters. The van der Waals surface area contributed by atoms with E-state index in [4.69, 9.17) is 4.74 Å². The Kier molecular flexibility index (Phi) is 6.57. The molecule has 0 spiro atoms. The first kappa shape index (κ1) is 14.4. The van der Waals surface area contributed by atoms with Crippen molar-refractivity contribution in [3.8, 4) is 0 Å². The monoisotopic (exact) mass is 216 g/mol. The molecule has 0 aromatic heterocycles. The Bertz CT molecular complexity index is 182. The molecule has 0 aliphatic heterocycles. The van der Waals surface area contributed by atoms with E-state index in [9.17, 15) is 9.90 Å². The van der Waals surface area contributed by atoms with E-state index in [1.54, 1.807) is 20.8 Å². The Balaban J connectivity index is 3.70. The van der Waals surface area contributed by atoms with E-state index in [1.165, 1.54) is 0 Å². The number of esters is 1. The highest BCUT2D eigenvalue weighted by molar-refractivity contribution is 5.74. The predicted molar refractivity (Wildman–Crippen MR) is 60.6 cm³/mol. The Morgan fingerprint density at radius 3 is 2.33 bits per heavy atom. The van der Waals surface area contributed by atoms with E-state index in [1.807, 2.05) is 0 Å². The molecule has 0 amide bonds. The van der Waals surface area contributed by atoms with Crippen LogP contribution in [0, 0.1) is 0 Å². The van der Waals surface area contributed by atoms with Gasteiger partial charge in [0.25, 0.3) is 0 Å². The Morgan fingerprint density at radius 1 is 1.27 bits per heavy atom. The molecule has 0 aliphatic rings. The highest BCUT2D eigenvalue weighted by atomic mass is 16.6. The maximum atomic E-state index is 11.4. The summed E-state index contributed by atoms with van der Waals surface area (Å²) < 4.78 is 5.07. The lowest BCUT2D eigenvalue weighted by atomic mass is 10.1. The number of ether oxygens (including phenoxy) is 1. The van der Waals surface area contributed by atoms with Crippen molar-refractivity contribution < 1.29 is 14.6 Å². The third-order valence-corrected chi connectivity index (χ3v) is 2.01. The number of aliphatic hydroxyl groups is 1. The first-order valence-corrected chi connectivity index (χ1v) is 5.77. The molecule has 0 fully saturated rings. The van der Waals surface area contributed by atoms with Crippen molar-refractivity contribution in [3.05, 3.63) is 0 Å². The Hall–Kier alpha value is -0.570. The standard InChI is InChI=1S/C12H24O3/c1-5-6-7-8-9-10(13)11(14)15-12(2,3)4/h10,13H,5-9H2,1-4H3. The van der Waals surface area contributed by atoms with Crippen molar-refractivity contribution in [3.63, 3.8) is 0 Å². The molecular formula is C12H24O3. The molecule has 0 rings (SSSR count). The topological polar surface area (TPSA) is 46.5 Å². The minimum atomic E-state index is -0.957. The second kappa shape index (κ2) is 6.83. The number of aliphatic hydroxyl groups excluding tert-OH is 1. The van der Waals surface area contributed by atoms with Gasteiger partial charge in [-0.15, -0.1) is 0 Å². The number of hydrogen-bond donors (Lipinski definition) is 1. The molecular weight excluding hydrogens is 192 g/mol. The SMILES string of the molecule is CCCCCCC(O)C(=O)OC(C)(C)C. The van der Waals surface area contributed by atoms with Crippen molar-refractivity contribution in [2.45, 2.75) is 71.5 Å². The molecule has 0 radical (unpaired) electrons. The highest BCUT2D eigenvalue weighted by Crippen LogP contribution is 2.12. The summed E-state index contributed by atoms with van der Waals surface area (Å²) in [7, 11) is 0. The Labute approximate surface area is 92.8 Å². The largest absolute Gasteiger partial charge is 0.458 e. The minimum absolute atomic E-state index is 0.501. The second-order valence-corrected chi connectivity index (χ2v) is 4.90. The van der Waals surface area contributed by atoms with Crippen LogP contribution in [0.3, 0.4) is 0 Å². The van der Waals surface area contributed by atoms with Crippen LogP contribution in [0.2, 0.25) is 0 Å². The summed E-state index contributed by atoms with van der Waals surface area (Å²) in [6, 6.07) is 0. The zero-order chi connectivity index (χ0) is 11.9. The quantitative estimate of drug-likeness (QED) is 0.548. The molecule has 1 atom stereocenters. The fourth-order valence-electron chi connectivity index (χ4n) is 1.25. The average Bonchev–Trinajstić information content (AvgIpc) is 2.09. The molecule has 0 saturated heterocycles. The van der Waals surface area contributed by atoms with Crippen LogP contribution in [0.1, 0.15) is 59.8 Å². The van der Waals surface area contributed by atoms with Crippen LogP contribution in [0.4, 0.5) is 0 Å². The van der Waals surface area contributed by atoms with Gasteiger partial charge < -0.3 is 9.84 Å². The maximum absolute atomic E-state index is 11.4. The van der Waals surface area contributed by atoms with Crippen LogP contribution in [0.5, 0.6) is 0 Å². The van der Waals surface area contributed by atoms with Gasteiger partial charge in [0.05, 0.1) is 0 Å². The van der Waals surface area contributed by atoms with Gasteiger partial charge in [-0.05, 0) is 27.2 Å². The average molecular weight is 216 g/mol. The summed E-state index contributed by atoms with van der Waals surface area (Å²) in [5.41, 5.74) is -0.512. The van der Waals surface area contributed by atoms with Crippen LogP contribution in [-0.2, 0) is 9.53 Å². The molecule has 3 heteroatoms. The van der Waals surface area contributed by atoms with Gasteiger partial charge in [0, 0.05) is 0 Å². The van der Waals surface area contributed by atoms with Crippen LogP contribution in [0.15, 0.2) is 0 Å². The fourth-order valence-corrected chi connectivity index (χ4v) is 1.25. The van der Waals surface area contributed by atoms with Crippen LogP contribution < -0.4 is 0 Å². The second-order valence-electron chi connectivity index (χ2n) is 4.90. The smallest absolute Gasteiger partial charge is 0.335 e. The zero-order valence-corrected chi connectivity index (χ0v) is 10.4. The summed E-state index contributed by atoms with van der Waals surface area (Å²) in [4.78, 5) is 11.4. The van der Waals surface area contributed by atoms with Crippen molar-refractivity contribution in [1.82, 2.24) is 0 Å². The highest BCUT2D eigenvalue weighted by Gasteiger charge is 2.22. The number of carbonyl (C=O) groups is 1.